The molecule has 1 heterocycles. The molecule has 0 fully saturated rings. The molecular formula is C13H12F3NO. The second-order valence-corrected chi connectivity index (χ2v) is 4.09. The Morgan fingerprint density at radius 3 is 2.33 bits per heavy atom. The van der Waals surface area contributed by atoms with Crippen LogP contribution in [0.1, 0.15) is 16.8 Å². The normalized spacial score (nSPS) is 16.4. The van der Waals surface area contributed by atoms with Crippen LogP contribution in [0.3, 0.4) is 0 Å². The van der Waals surface area contributed by atoms with E-state index in [1.165, 1.54) is 4.90 Å². The molecule has 0 unspecified atom stereocenters. The van der Waals surface area contributed by atoms with E-state index in [1.807, 2.05) is 0 Å². The number of hydrogen-bond donors (Lipinski definition) is 0. The maximum atomic E-state index is 12.4. The van der Waals surface area contributed by atoms with Gasteiger partial charge in [0.1, 0.15) is 0 Å². The van der Waals surface area contributed by atoms with Gasteiger partial charge in [0.2, 0.25) is 0 Å². The van der Waals surface area contributed by atoms with Gasteiger partial charge in [0.05, 0.1) is 0 Å². The first-order valence-electron chi connectivity index (χ1n) is 5.59. The fraction of sp³-hybridized carbons (Fsp3) is 0.308. The van der Waals surface area contributed by atoms with E-state index in [2.05, 4.69) is 0 Å². The summed E-state index contributed by atoms with van der Waals surface area (Å²) in [6.45, 7) is 0.127. The minimum atomic E-state index is -4.28. The highest BCUT2D eigenvalue weighted by Gasteiger charge is 2.35. The van der Waals surface area contributed by atoms with Crippen LogP contribution in [0, 0.1) is 0 Å². The van der Waals surface area contributed by atoms with E-state index in [9.17, 15) is 18.0 Å². The van der Waals surface area contributed by atoms with Gasteiger partial charge in [-0.3, -0.25) is 4.79 Å². The lowest BCUT2D eigenvalue weighted by molar-refractivity contribution is -0.0957. The molecule has 0 saturated heterocycles. The molecular weight excluding hydrogens is 243 g/mol. The summed E-state index contributed by atoms with van der Waals surface area (Å²) in [6, 6.07) is 8.56. The smallest absolute Gasteiger partial charge is 0.335 e. The lowest BCUT2D eigenvalue weighted by Crippen LogP contribution is -2.36. The predicted molar refractivity (Wildman–Crippen MR) is 61.1 cm³/mol. The lowest BCUT2D eigenvalue weighted by Gasteiger charge is -2.27. The second kappa shape index (κ2) is 4.84. The Bertz CT molecular complexity index is 465. The summed E-state index contributed by atoms with van der Waals surface area (Å²) in [6.07, 6.45) is -3.33. The monoisotopic (exact) mass is 255 g/mol. The molecule has 1 aliphatic rings. The number of carbonyl (C=O) groups excluding carboxylic acids is 1. The van der Waals surface area contributed by atoms with Crippen molar-refractivity contribution in [1.82, 2.24) is 4.90 Å². The Morgan fingerprint density at radius 2 is 1.83 bits per heavy atom. The highest BCUT2D eigenvalue weighted by atomic mass is 19.4. The molecule has 18 heavy (non-hydrogen) atoms. The van der Waals surface area contributed by atoms with Crippen LogP contribution in [0.2, 0.25) is 0 Å². The van der Waals surface area contributed by atoms with Crippen LogP contribution in [0.5, 0.6) is 0 Å². The largest absolute Gasteiger partial charge is 0.412 e. The number of rotatable bonds is 1. The van der Waals surface area contributed by atoms with Crippen LogP contribution in [-0.4, -0.2) is 30.1 Å². The van der Waals surface area contributed by atoms with Gasteiger partial charge in [-0.2, -0.15) is 13.2 Å². The fourth-order valence-electron chi connectivity index (χ4n) is 1.87. The summed E-state index contributed by atoms with van der Waals surface area (Å²) >= 11 is 0. The molecule has 0 radical (unpaired) electrons. The molecule has 0 atom stereocenters. The van der Waals surface area contributed by atoms with Crippen molar-refractivity contribution >= 4 is 5.91 Å². The third-order valence-corrected chi connectivity index (χ3v) is 2.88. The Balaban J connectivity index is 2.07. The van der Waals surface area contributed by atoms with Crippen molar-refractivity contribution in [2.45, 2.75) is 12.6 Å². The number of benzene rings is 1. The molecule has 1 aromatic carbocycles. The molecule has 0 bridgehead atoms. The van der Waals surface area contributed by atoms with E-state index in [-0.39, 0.29) is 25.4 Å². The molecule has 1 aromatic rings. The zero-order chi connectivity index (χ0) is 13.2. The molecule has 0 spiro atoms. The maximum absolute atomic E-state index is 12.4. The number of carbonyl (C=O) groups is 1. The van der Waals surface area contributed by atoms with Crippen LogP contribution in [0.15, 0.2) is 42.0 Å². The second-order valence-electron chi connectivity index (χ2n) is 4.09. The summed E-state index contributed by atoms with van der Waals surface area (Å²) in [4.78, 5) is 13.4. The zero-order valence-electron chi connectivity index (χ0n) is 9.57. The minimum absolute atomic E-state index is 0.0164. The summed E-state index contributed by atoms with van der Waals surface area (Å²) in [5.41, 5.74) is -0.0408. The molecule has 0 aromatic heterocycles. The van der Waals surface area contributed by atoms with Crippen molar-refractivity contribution in [2.75, 3.05) is 13.1 Å². The molecule has 0 aliphatic carbocycles. The van der Waals surface area contributed by atoms with E-state index >= 15 is 0 Å². The highest BCUT2D eigenvalue weighted by molar-refractivity contribution is 5.94. The van der Waals surface area contributed by atoms with Gasteiger partial charge in [0.15, 0.2) is 0 Å². The van der Waals surface area contributed by atoms with Crippen molar-refractivity contribution in [3.8, 4) is 0 Å². The van der Waals surface area contributed by atoms with E-state index in [4.69, 9.17) is 0 Å². The van der Waals surface area contributed by atoms with Gasteiger partial charge >= 0.3 is 6.18 Å². The third kappa shape index (κ3) is 2.72. The van der Waals surface area contributed by atoms with E-state index in [0.29, 0.717) is 5.56 Å². The van der Waals surface area contributed by atoms with Gasteiger partial charge < -0.3 is 4.90 Å². The van der Waals surface area contributed by atoms with Gasteiger partial charge in [0, 0.05) is 24.2 Å². The number of nitrogens with zero attached hydrogens (tertiary/aromatic N) is 1. The predicted octanol–water partition coefficient (Wildman–Crippen LogP) is 3.02. The quantitative estimate of drug-likeness (QED) is 0.706. The number of hydrogen-bond acceptors (Lipinski definition) is 1. The SMILES string of the molecule is O=C(c1ccccc1)N1CC=C(C(F)(F)F)CC1. The first kappa shape index (κ1) is 12.7. The van der Waals surface area contributed by atoms with Crippen LogP contribution >= 0.6 is 0 Å². The summed E-state index contributed by atoms with van der Waals surface area (Å²) in [5, 5.41) is 0. The Hall–Kier alpha value is -1.78. The van der Waals surface area contributed by atoms with Crippen molar-refractivity contribution in [3.05, 3.63) is 47.5 Å². The van der Waals surface area contributed by atoms with Gasteiger partial charge in [-0.15, -0.1) is 0 Å². The molecule has 0 saturated carbocycles. The molecule has 1 aliphatic heterocycles. The van der Waals surface area contributed by atoms with Crippen LogP contribution in [0.4, 0.5) is 13.2 Å². The lowest BCUT2D eigenvalue weighted by atomic mass is 10.1. The molecule has 96 valence electrons. The Kier molecular flexibility index (Phi) is 3.41. The highest BCUT2D eigenvalue weighted by Crippen LogP contribution is 2.30. The third-order valence-electron chi connectivity index (χ3n) is 2.88. The molecule has 5 heteroatoms. The average molecular weight is 255 g/mol. The molecule has 1 amide bonds. The van der Waals surface area contributed by atoms with Crippen molar-refractivity contribution < 1.29 is 18.0 Å². The number of amides is 1. The van der Waals surface area contributed by atoms with Gasteiger partial charge in [0.25, 0.3) is 5.91 Å². The zero-order valence-corrected chi connectivity index (χ0v) is 9.57. The van der Waals surface area contributed by atoms with Crippen LogP contribution < -0.4 is 0 Å². The number of alkyl halides is 3. The van der Waals surface area contributed by atoms with E-state index < -0.39 is 11.7 Å². The molecule has 2 rings (SSSR count). The first-order valence-corrected chi connectivity index (χ1v) is 5.59. The van der Waals surface area contributed by atoms with Gasteiger partial charge in [-0.1, -0.05) is 24.3 Å². The van der Waals surface area contributed by atoms with Crippen molar-refractivity contribution in [3.63, 3.8) is 0 Å². The fourth-order valence-corrected chi connectivity index (χ4v) is 1.87. The topological polar surface area (TPSA) is 20.3 Å². The van der Waals surface area contributed by atoms with Crippen molar-refractivity contribution in [2.24, 2.45) is 0 Å². The standard InChI is InChI=1S/C13H12F3NO/c14-13(15,16)11-6-8-17(9-7-11)12(18)10-4-2-1-3-5-10/h1-6H,7-9H2. The summed E-state index contributed by atoms with van der Waals surface area (Å²) < 4.78 is 37.3. The van der Waals surface area contributed by atoms with E-state index in [1.54, 1.807) is 30.3 Å². The van der Waals surface area contributed by atoms with Crippen LogP contribution in [0.25, 0.3) is 0 Å². The minimum Gasteiger partial charge on any atom is -0.335 e. The summed E-state index contributed by atoms with van der Waals surface area (Å²) in [5.74, 6) is -0.229. The Labute approximate surface area is 103 Å². The summed E-state index contributed by atoms with van der Waals surface area (Å²) in [7, 11) is 0. The number of halogens is 3. The van der Waals surface area contributed by atoms with E-state index in [0.717, 1.165) is 6.08 Å². The van der Waals surface area contributed by atoms with Gasteiger partial charge in [-0.05, 0) is 18.6 Å². The first-order chi connectivity index (χ1) is 8.48. The Morgan fingerprint density at radius 1 is 1.17 bits per heavy atom. The van der Waals surface area contributed by atoms with Crippen molar-refractivity contribution in [1.29, 1.82) is 0 Å². The van der Waals surface area contributed by atoms with Gasteiger partial charge in [-0.25, -0.2) is 0 Å². The van der Waals surface area contributed by atoms with Crippen LogP contribution in [-0.2, 0) is 0 Å². The molecule has 0 N–H and O–H groups in total. The average Bonchev–Trinajstić information content (AvgIpc) is 2.38. The molecule has 2 nitrogen and oxygen atoms in total. The maximum Gasteiger partial charge on any atom is 0.412 e.